The minimum atomic E-state index is -0.535. The molecule has 2 aromatic rings. The lowest BCUT2D eigenvalue weighted by atomic mass is 10.0. The van der Waals surface area contributed by atoms with E-state index in [1.54, 1.807) is 11.1 Å². The molecular weight excluding hydrogens is 356 g/mol. The molecule has 150 valence electrons. The summed E-state index contributed by atoms with van der Waals surface area (Å²) in [5, 5.41) is 1.000. The molecule has 6 heteroatoms. The maximum atomic E-state index is 12.7. The summed E-state index contributed by atoms with van der Waals surface area (Å²) in [6.07, 6.45) is 4.35. The van der Waals surface area contributed by atoms with Gasteiger partial charge in [-0.05, 0) is 63.3 Å². The van der Waals surface area contributed by atoms with Crippen LogP contribution < -0.4 is 0 Å². The lowest BCUT2D eigenvalue weighted by Crippen LogP contribution is -2.37. The fourth-order valence-electron chi connectivity index (χ4n) is 3.18. The molecule has 3 rings (SSSR count). The van der Waals surface area contributed by atoms with E-state index in [9.17, 15) is 9.59 Å². The lowest BCUT2D eigenvalue weighted by molar-refractivity contribution is -0.140. The lowest BCUT2D eigenvalue weighted by Gasteiger charge is -2.28. The van der Waals surface area contributed by atoms with Gasteiger partial charge in [0.25, 0.3) is 0 Å². The monoisotopic (exact) mass is 384 g/mol. The first-order valence-electron chi connectivity index (χ1n) is 9.70. The van der Waals surface area contributed by atoms with Gasteiger partial charge in [0, 0.05) is 24.0 Å². The summed E-state index contributed by atoms with van der Waals surface area (Å²) < 4.78 is 10.4. The average molecular weight is 384 g/mol. The van der Waals surface area contributed by atoms with E-state index >= 15 is 0 Å². The van der Waals surface area contributed by atoms with E-state index in [1.165, 1.54) is 7.11 Å². The molecule has 28 heavy (non-hydrogen) atoms. The van der Waals surface area contributed by atoms with E-state index in [4.69, 9.17) is 9.47 Å². The number of nitrogens with zero attached hydrogens (tertiary/aromatic N) is 2. The summed E-state index contributed by atoms with van der Waals surface area (Å²) >= 11 is 0. The van der Waals surface area contributed by atoms with Gasteiger partial charge in [0.05, 0.1) is 19.2 Å². The molecule has 0 saturated heterocycles. The van der Waals surface area contributed by atoms with Crippen molar-refractivity contribution in [2.45, 2.75) is 64.6 Å². The molecule has 0 spiro atoms. The molecule has 1 amide bonds. The maximum absolute atomic E-state index is 12.7. The van der Waals surface area contributed by atoms with Gasteiger partial charge in [0.1, 0.15) is 5.60 Å². The average Bonchev–Trinajstić information content (AvgIpc) is 3.47. The van der Waals surface area contributed by atoms with Crippen LogP contribution >= 0.6 is 0 Å². The zero-order valence-electron chi connectivity index (χ0n) is 17.0. The van der Waals surface area contributed by atoms with Gasteiger partial charge in [-0.1, -0.05) is 12.1 Å². The molecule has 0 N–H and O–H groups in total. The Hall–Kier alpha value is -2.63. The molecule has 1 aliphatic rings. The first kappa shape index (κ1) is 20.1. The number of rotatable bonds is 6. The van der Waals surface area contributed by atoms with E-state index in [0.717, 1.165) is 34.9 Å². The van der Waals surface area contributed by atoms with Crippen molar-refractivity contribution in [1.82, 2.24) is 9.88 Å². The zero-order chi connectivity index (χ0) is 20.3. The normalized spacial score (nSPS) is 14.0. The van der Waals surface area contributed by atoms with Crippen LogP contribution in [0.3, 0.4) is 0 Å². The number of fused-ring (bicyclic) bond motifs is 1. The number of hydrogen-bond donors (Lipinski definition) is 0. The Balaban J connectivity index is 1.89. The molecule has 1 aliphatic carbocycles. The van der Waals surface area contributed by atoms with Crippen molar-refractivity contribution in [2.75, 3.05) is 7.11 Å². The highest BCUT2D eigenvalue weighted by Gasteiger charge is 2.35. The van der Waals surface area contributed by atoms with Crippen molar-refractivity contribution < 1.29 is 19.1 Å². The van der Waals surface area contributed by atoms with E-state index in [1.807, 2.05) is 45.0 Å². The SMILES string of the molecule is COC(=O)CCc1cc(CN(C(=O)OC(C)(C)C)C2CC2)c2ncccc2c1. The van der Waals surface area contributed by atoms with Crippen molar-refractivity contribution in [3.63, 3.8) is 0 Å². The van der Waals surface area contributed by atoms with Gasteiger partial charge in [0.2, 0.25) is 0 Å². The standard InChI is InChI=1S/C22H28N2O4/c1-22(2,3)28-21(26)24(18-8-9-18)14-17-13-15(7-10-19(25)27-4)12-16-6-5-11-23-20(16)17/h5-6,11-13,18H,7-10,14H2,1-4H3. The number of pyridine rings is 1. The van der Waals surface area contributed by atoms with Gasteiger partial charge >= 0.3 is 12.1 Å². The third kappa shape index (κ3) is 5.21. The molecule has 0 bridgehead atoms. The molecule has 0 unspecified atom stereocenters. The highest BCUT2D eigenvalue weighted by atomic mass is 16.6. The van der Waals surface area contributed by atoms with E-state index in [-0.39, 0.29) is 18.1 Å². The Morgan fingerprint density at radius 1 is 1.25 bits per heavy atom. The molecule has 6 nitrogen and oxygen atoms in total. The number of aromatic nitrogens is 1. The minimum absolute atomic E-state index is 0.215. The number of carbonyl (C=O) groups excluding carboxylic acids is 2. The second-order valence-electron chi connectivity index (χ2n) is 8.25. The fourth-order valence-corrected chi connectivity index (χ4v) is 3.18. The van der Waals surface area contributed by atoms with E-state index in [2.05, 4.69) is 4.98 Å². The number of methoxy groups -OCH3 is 1. The Morgan fingerprint density at radius 2 is 2.00 bits per heavy atom. The Labute approximate surface area is 165 Å². The molecule has 0 atom stereocenters. The zero-order valence-corrected chi connectivity index (χ0v) is 17.0. The van der Waals surface area contributed by atoms with Crippen LogP contribution in [0, 0.1) is 0 Å². The van der Waals surface area contributed by atoms with Crippen LogP contribution in [0.25, 0.3) is 10.9 Å². The van der Waals surface area contributed by atoms with Crippen LogP contribution in [0.2, 0.25) is 0 Å². The summed E-state index contributed by atoms with van der Waals surface area (Å²) in [6.45, 7) is 6.07. The quantitative estimate of drug-likeness (QED) is 0.697. The third-order valence-corrected chi connectivity index (χ3v) is 4.65. The topological polar surface area (TPSA) is 68.7 Å². The van der Waals surface area contributed by atoms with Crippen LogP contribution in [-0.4, -0.2) is 40.7 Å². The number of amides is 1. The number of ether oxygens (including phenoxy) is 2. The molecule has 1 saturated carbocycles. The number of aryl methyl sites for hydroxylation is 1. The largest absolute Gasteiger partial charge is 0.469 e. The van der Waals surface area contributed by atoms with Crippen molar-refractivity contribution in [3.8, 4) is 0 Å². The van der Waals surface area contributed by atoms with Crippen molar-refractivity contribution >= 4 is 23.0 Å². The summed E-state index contributed by atoms with van der Waals surface area (Å²) in [4.78, 5) is 30.6. The van der Waals surface area contributed by atoms with Crippen LogP contribution in [-0.2, 0) is 27.2 Å². The van der Waals surface area contributed by atoms with Gasteiger partial charge in [-0.15, -0.1) is 0 Å². The molecular formula is C22H28N2O4. The summed E-state index contributed by atoms with van der Waals surface area (Å²) in [5.41, 5.74) is 2.34. The third-order valence-electron chi connectivity index (χ3n) is 4.65. The second kappa shape index (κ2) is 8.17. The first-order chi connectivity index (χ1) is 13.3. The van der Waals surface area contributed by atoms with E-state index in [0.29, 0.717) is 19.4 Å². The van der Waals surface area contributed by atoms with Gasteiger partial charge in [-0.3, -0.25) is 9.78 Å². The van der Waals surface area contributed by atoms with Crippen LogP contribution in [0.1, 0.15) is 51.2 Å². The molecule has 1 aromatic heterocycles. The van der Waals surface area contributed by atoms with E-state index < -0.39 is 5.60 Å². The predicted octanol–water partition coefficient (Wildman–Crippen LogP) is 4.24. The minimum Gasteiger partial charge on any atom is -0.469 e. The molecule has 0 aliphatic heterocycles. The van der Waals surface area contributed by atoms with Gasteiger partial charge in [0.15, 0.2) is 0 Å². The van der Waals surface area contributed by atoms with Crippen molar-refractivity contribution in [1.29, 1.82) is 0 Å². The van der Waals surface area contributed by atoms with Gasteiger partial charge in [-0.2, -0.15) is 0 Å². The molecule has 1 heterocycles. The number of benzene rings is 1. The maximum Gasteiger partial charge on any atom is 0.410 e. The Kier molecular flexibility index (Phi) is 5.87. The highest BCUT2D eigenvalue weighted by Crippen LogP contribution is 2.31. The number of carbonyl (C=O) groups is 2. The fraction of sp³-hybridized carbons (Fsp3) is 0.500. The predicted molar refractivity (Wildman–Crippen MR) is 107 cm³/mol. The van der Waals surface area contributed by atoms with Crippen LogP contribution in [0.15, 0.2) is 30.5 Å². The van der Waals surface area contributed by atoms with Gasteiger partial charge < -0.3 is 14.4 Å². The summed E-state index contributed by atoms with van der Waals surface area (Å²) in [7, 11) is 1.40. The highest BCUT2D eigenvalue weighted by molar-refractivity contribution is 5.83. The Bertz CT molecular complexity index is 868. The summed E-state index contributed by atoms with van der Waals surface area (Å²) in [5.74, 6) is -0.235. The number of esters is 1. The molecule has 0 radical (unpaired) electrons. The van der Waals surface area contributed by atoms with Crippen molar-refractivity contribution in [2.24, 2.45) is 0 Å². The smallest absolute Gasteiger partial charge is 0.410 e. The molecule has 1 aromatic carbocycles. The Morgan fingerprint density at radius 3 is 2.64 bits per heavy atom. The van der Waals surface area contributed by atoms with Crippen LogP contribution in [0.5, 0.6) is 0 Å². The summed E-state index contributed by atoms with van der Waals surface area (Å²) in [6, 6.07) is 8.19. The molecule has 1 fully saturated rings. The van der Waals surface area contributed by atoms with Crippen molar-refractivity contribution in [3.05, 3.63) is 41.6 Å². The number of hydrogen-bond acceptors (Lipinski definition) is 5. The first-order valence-corrected chi connectivity index (χ1v) is 9.70. The van der Waals surface area contributed by atoms with Gasteiger partial charge in [-0.25, -0.2) is 4.79 Å². The van der Waals surface area contributed by atoms with Crippen LogP contribution in [0.4, 0.5) is 4.79 Å². The second-order valence-corrected chi connectivity index (χ2v) is 8.25.